The smallest absolute Gasteiger partial charge is 0.240 e. The van der Waals surface area contributed by atoms with E-state index in [-0.39, 0.29) is 18.1 Å². The van der Waals surface area contributed by atoms with Crippen molar-refractivity contribution < 1.29 is 9.53 Å². The number of nitrogens with one attached hydrogen (secondary N) is 2. The second-order valence-electron chi connectivity index (χ2n) is 4.35. The monoisotopic (exact) mass is 268 g/mol. The van der Waals surface area contributed by atoms with Crippen LogP contribution in [0.15, 0.2) is 24.3 Å². The molecule has 5 heteroatoms. The summed E-state index contributed by atoms with van der Waals surface area (Å²) >= 11 is 5.80. The van der Waals surface area contributed by atoms with Gasteiger partial charge in [0.25, 0.3) is 0 Å². The third-order valence-corrected chi connectivity index (χ3v) is 3.23. The molecule has 2 rings (SSSR count). The van der Waals surface area contributed by atoms with Crippen LogP contribution in [0.25, 0.3) is 0 Å². The molecule has 1 fully saturated rings. The van der Waals surface area contributed by atoms with E-state index >= 15 is 0 Å². The van der Waals surface area contributed by atoms with Crippen molar-refractivity contribution >= 4 is 17.5 Å². The van der Waals surface area contributed by atoms with Crippen LogP contribution in [0.1, 0.15) is 12.5 Å². The van der Waals surface area contributed by atoms with Gasteiger partial charge in [0.2, 0.25) is 5.91 Å². The van der Waals surface area contributed by atoms with Gasteiger partial charge in [-0.3, -0.25) is 4.79 Å². The zero-order valence-corrected chi connectivity index (χ0v) is 11.0. The maximum Gasteiger partial charge on any atom is 0.240 e. The Morgan fingerprint density at radius 1 is 1.50 bits per heavy atom. The fraction of sp³-hybridized carbons (Fsp3) is 0.462. The Morgan fingerprint density at radius 2 is 2.22 bits per heavy atom. The summed E-state index contributed by atoms with van der Waals surface area (Å²) in [6.45, 7) is 3.77. The number of carbonyl (C=O) groups excluding carboxylic acids is 1. The summed E-state index contributed by atoms with van der Waals surface area (Å²) in [4.78, 5) is 12.0. The van der Waals surface area contributed by atoms with Gasteiger partial charge in [-0.2, -0.15) is 0 Å². The van der Waals surface area contributed by atoms with E-state index in [2.05, 4.69) is 10.6 Å². The molecule has 0 aromatic heterocycles. The lowest BCUT2D eigenvalue weighted by molar-refractivity contribution is -0.129. The van der Waals surface area contributed by atoms with Crippen LogP contribution in [0.3, 0.4) is 0 Å². The van der Waals surface area contributed by atoms with E-state index < -0.39 is 0 Å². The van der Waals surface area contributed by atoms with Crippen molar-refractivity contribution in [3.05, 3.63) is 34.9 Å². The number of ether oxygens (including phenoxy) is 1. The number of hydrogen-bond donors (Lipinski definition) is 2. The first-order valence-corrected chi connectivity index (χ1v) is 6.42. The highest BCUT2D eigenvalue weighted by Crippen LogP contribution is 2.09. The lowest BCUT2D eigenvalue weighted by atomic mass is 10.1. The van der Waals surface area contributed by atoms with Crippen LogP contribution < -0.4 is 10.6 Å². The van der Waals surface area contributed by atoms with Crippen molar-refractivity contribution in [2.24, 2.45) is 0 Å². The normalized spacial score (nSPS) is 23.7. The third kappa shape index (κ3) is 3.45. The van der Waals surface area contributed by atoms with Crippen molar-refractivity contribution in [2.75, 3.05) is 13.2 Å². The Hall–Kier alpha value is -1.10. The van der Waals surface area contributed by atoms with Crippen LogP contribution in [0.2, 0.25) is 5.02 Å². The molecule has 1 aliphatic heterocycles. The molecule has 98 valence electrons. The predicted molar refractivity (Wildman–Crippen MR) is 70.5 cm³/mol. The molecule has 1 amide bonds. The second-order valence-corrected chi connectivity index (χ2v) is 4.79. The topological polar surface area (TPSA) is 50.4 Å². The standard InChI is InChI=1S/C13H17ClN2O2/c1-9-12(15-6-7-18-9)13(17)16-8-10-2-4-11(14)5-3-10/h2-5,9,12,15H,6-8H2,1H3,(H,16,17)/t9-,12+/m1/s1. The molecule has 0 spiro atoms. The quantitative estimate of drug-likeness (QED) is 0.870. The van der Waals surface area contributed by atoms with Gasteiger partial charge in [0.15, 0.2) is 0 Å². The lowest BCUT2D eigenvalue weighted by Gasteiger charge is -2.29. The summed E-state index contributed by atoms with van der Waals surface area (Å²) in [5.74, 6) is -0.0304. The molecule has 1 heterocycles. The van der Waals surface area contributed by atoms with Crippen LogP contribution in [0, 0.1) is 0 Å². The lowest BCUT2D eigenvalue weighted by Crippen LogP contribution is -2.55. The molecular weight excluding hydrogens is 252 g/mol. The van der Waals surface area contributed by atoms with Crippen LogP contribution in [0.4, 0.5) is 0 Å². The molecule has 0 saturated carbocycles. The minimum absolute atomic E-state index is 0.0304. The van der Waals surface area contributed by atoms with Crippen molar-refractivity contribution in [1.29, 1.82) is 0 Å². The highest BCUT2D eigenvalue weighted by atomic mass is 35.5. The largest absolute Gasteiger partial charge is 0.375 e. The zero-order valence-electron chi connectivity index (χ0n) is 10.3. The van der Waals surface area contributed by atoms with E-state index in [0.717, 1.165) is 5.56 Å². The Bertz CT molecular complexity index is 408. The Kier molecular flexibility index (Phi) is 4.58. The molecule has 18 heavy (non-hydrogen) atoms. The molecule has 0 bridgehead atoms. The maximum atomic E-state index is 12.0. The van der Waals surface area contributed by atoms with Crippen LogP contribution in [0.5, 0.6) is 0 Å². The average Bonchev–Trinajstić information content (AvgIpc) is 2.38. The minimum atomic E-state index is -0.272. The SMILES string of the molecule is C[C@H]1OCCN[C@@H]1C(=O)NCc1ccc(Cl)cc1. The molecule has 0 radical (unpaired) electrons. The summed E-state index contributed by atoms with van der Waals surface area (Å²) < 4.78 is 5.44. The van der Waals surface area contributed by atoms with Crippen LogP contribution in [-0.4, -0.2) is 31.2 Å². The van der Waals surface area contributed by atoms with Gasteiger partial charge in [-0.1, -0.05) is 23.7 Å². The van der Waals surface area contributed by atoms with Gasteiger partial charge in [0, 0.05) is 18.1 Å². The molecule has 2 N–H and O–H groups in total. The van der Waals surface area contributed by atoms with Crippen molar-refractivity contribution in [3.8, 4) is 0 Å². The first-order chi connectivity index (χ1) is 8.66. The minimum Gasteiger partial charge on any atom is -0.375 e. The summed E-state index contributed by atoms with van der Waals surface area (Å²) in [6, 6.07) is 7.15. The van der Waals surface area contributed by atoms with Gasteiger partial charge in [-0.15, -0.1) is 0 Å². The van der Waals surface area contributed by atoms with E-state index in [1.165, 1.54) is 0 Å². The van der Waals surface area contributed by atoms with E-state index in [1.807, 2.05) is 31.2 Å². The first kappa shape index (κ1) is 13.3. The fourth-order valence-corrected chi connectivity index (χ4v) is 2.05. The van der Waals surface area contributed by atoms with E-state index in [1.54, 1.807) is 0 Å². The fourth-order valence-electron chi connectivity index (χ4n) is 1.93. The second kappa shape index (κ2) is 6.18. The van der Waals surface area contributed by atoms with E-state index in [4.69, 9.17) is 16.3 Å². The Balaban J connectivity index is 1.85. The molecule has 1 saturated heterocycles. The maximum absolute atomic E-state index is 12.0. The molecule has 4 nitrogen and oxygen atoms in total. The zero-order chi connectivity index (χ0) is 13.0. The van der Waals surface area contributed by atoms with E-state index in [9.17, 15) is 4.79 Å². The van der Waals surface area contributed by atoms with Crippen LogP contribution in [-0.2, 0) is 16.1 Å². The molecule has 2 atom stereocenters. The van der Waals surface area contributed by atoms with Gasteiger partial charge in [0.05, 0.1) is 12.7 Å². The van der Waals surface area contributed by atoms with Gasteiger partial charge < -0.3 is 15.4 Å². The molecule has 0 unspecified atom stereocenters. The number of morpholine rings is 1. The van der Waals surface area contributed by atoms with Crippen molar-refractivity contribution in [3.63, 3.8) is 0 Å². The summed E-state index contributed by atoms with van der Waals surface area (Å²) in [5.41, 5.74) is 1.03. The number of amides is 1. The number of halogens is 1. The third-order valence-electron chi connectivity index (χ3n) is 2.98. The summed E-state index contributed by atoms with van der Waals surface area (Å²) in [5, 5.41) is 6.75. The predicted octanol–water partition coefficient (Wildman–Crippen LogP) is 1.33. The Labute approximate surface area is 112 Å². The highest BCUT2D eigenvalue weighted by molar-refractivity contribution is 6.30. The summed E-state index contributed by atoms with van der Waals surface area (Å²) in [7, 11) is 0. The number of hydrogen-bond acceptors (Lipinski definition) is 3. The first-order valence-electron chi connectivity index (χ1n) is 6.04. The van der Waals surface area contributed by atoms with Gasteiger partial charge in [0.1, 0.15) is 6.04 Å². The van der Waals surface area contributed by atoms with Crippen molar-refractivity contribution in [2.45, 2.75) is 25.6 Å². The number of carbonyl (C=O) groups is 1. The highest BCUT2D eigenvalue weighted by Gasteiger charge is 2.27. The number of rotatable bonds is 3. The van der Waals surface area contributed by atoms with Gasteiger partial charge in [-0.05, 0) is 24.6 Å². The number of benzene rings is 1. The van der Waals surface area contributed by atoms with Gasteiger partial charge in [-0.25, -0.2) is 0 Å². The molecule has 1 aromatic rings. The van der Waals surface area contributed by atoms with Gasteiger partial charge >= 0.3 is 0 Å². The summed E-state index contributed by atoms with van der Waals surface area (Å²) in [6.07, 6.45) is -0.0935. The molecule has 1 aliphatic rings. The molecule has 0 aliphatic carbocycles. The molecular formula is C13H17ClN2O2. The van der Waals surface area contributed by atoms with Crippen LogP contribution >= 0.6 is 11.6 Å². The van der Waals surface area contributed by atoms with E-state index in [0.29, 0.717) is 24.7 Å². The molecule has 1 aromatic carbocycles. The van der Waals surface area contributed by atoms with Crippen molar-refractivity contribution in [1.82, 2.24) is 10.6 Å². The average molecular weight is 269 g/mol. The Morgan fingerprint density at radius 3 is 2.89 bits per heavy atom.